The van der Waals surface area contributed by atoms with Crippen molar-refractivity contribution in [1.29, 1.82) is 5.26 Å². The molecule has 0 N–H and O–H groups in total. The fraction of sp³-hybridized carbons (Fsp3) is 0.0909. The molecule has 0 atom stereocenters. The van der Waals surface area contributed by atoms with Crippen LogP contribution in [0, 0.1) is 18.3 Å². The lowest BCUT2D eigenvalue weighted by Crippen LogP contribution is -2.12. The Bertz CT molecular complexity index is 1420. The average molecular weight is 482 g/mol. The number of nitrogens with zero attached hydrogens (tertiary/aromatic N) is 3. The van der Waals surface area contributed by atoms with Crippen molar-refractivity contribution >= 4 is 37.0 Å². The van der Waals surface area contributed by atoms with E-state index < -0.39 is 10.0 Å². The summed E-state index contributed by atoms with van der Waals surface area (Å²) in [5, 5.41) is 10.1. The molecule has 8 heteroatoms. The number of benzene rings is 2. The first-order chi connectivity index (χ1) is 14.3. The number of halogens is 1. The van der Waals surface area contributed by atoms with Gasteiger partial charge in [0.25, 0.3) is 10.0 Å². The molecule has 0 aliphatic heterocycles. The minimum atomic E-state index is -3.86. The number of methoxy groups -OCH3 is 1. The third kappa shape index (κ3) is 3.36. The molecule has 6 nitrogen and oxygen atoms in total. The molecule has 0 radical (unpaired) electrons. The van der Waals surface area contributed by atoms with E-state index in [4.69, 9.17) is 4.74 Å². The SMILES string of the molecule is COc1ccc(-c2cn(S(=O)(=O)c3ccc(C)cc3)c3ncc(Br)cc23)cc1C#N. The van der Waals surface area contributed by atoms with Gasteiger partial charge in [-0.05, 0) is 58.7 Å². The number of hydrogen-bond acceptors (Lipinski definition) is 5. The number of fused-ring (bicyclic) bond motifs is 1. The Hall–Kier alpha value is -3.15. The van der Waals surface area contributed by atoms with Crippen LogP contribution in [0.5, 0.6) is 5.75 Å². The highest BCUT2D eigenvalue weighted by molar-refractivity contribution is 9.10. The minimum Gasteiger partial charge on any atom is -0.495 e. The maximum atomic E-state index is 13.4. The Labute approximate surface area is 182 Å². The molecule has 4 aromatic rings. The van der Waals surface area contributed by atoms with Crippen molar-refractivity contribution in [3.8, 4) is 22.9 Å². The Morgan fingerprint density at radius 3 is 2.53 bits per heavy atom. The van der Waals surface area contributed by atoms with Crippen LogP contribution in [-0.4, -0.2) is 24.5 Å². The maximum absolute atomic E-state index is 13.4. The lowest BCUT2D eigenvalue weighted by Gasteiger charge is -2.07. The second-order valence-electron chi connectivity index (χ2n) is 6.71. The van der Waals surface area contributed by atoms with Crippen molar-refractivity contribution < 1.29 is 13.2 Å². The zero-order valence-electron chi connectivity index (χ0n) is 16.1. The van der Waals surface area contributed by atoms with E-state index in [2.05, 4.69) is 27.0 Å². The van der Waals surface area contributed by atoms with E-state index in [1.54, 1.807) is 54.9 Å². The standard InChI is InChI=1S/C22H16BrN3O3S/c1-14-3-6-18(7-4-14)30(27,28)26-13-20(19-10-17(23)12-25-22(19)26)15-5-8-21(29-2)16(9-15)11-24/h3-10,12-13H,1-2H3. The van der Waals surface area contributed by atoms with Gasteiger partial charge in [0.2, 0.25) is 0 Å². The molecular formula is C22H16BrN3O3S. The Balaban J connectivity index is 1.99. The van der Waals surface area contributed by atoms with Gasteiger partial charge in [-0.2, -0.15) is 5.26 Å². The topological polar surface area (TPSA) is 85.0 Å². The van der Waals surface area contributed by atoms with Crippen molar-refractivity contribution in [3.05, 3.63) is 76.5 Å². The number of aryl methyl sites for hydroxylation is 1. The van der Waals surface area contributed by atoms with Crippen LogP contribution in [0.2, 0.25) is 0 Å². The lowest BCUT2D eigenvalue weighted by molar-refractivity contribution is 0.413. The summed E-state index contributed by atoms with van der Waals surface area (Å²) in [5.41, 5.74) is 2.98. The van der Waals surface area contributed by atoms with Crippen LogP contribution in [0.25, 0.3) is 22.2 Å². The van der Waals surface area contributed by atoms with Crippen LogP contribution in [0.3, 0.4) is 0 Å². The van der Waals surface area contributed by atoms with E-state index >= 15 is 0 Å². The summed E-state index contributed by atoms with van der Waals surface area (Å²) in [6.45, 7) is 1.90. The third-order valence-electron chi connectivity index (χ3n) is 4.79. The van der Waals surface area contributed by atoms with Crippen LogP contribution in [-0.2, 0) is 10.0 Å². The number of nitriles is 1. The predicted octanol–water partition coefficient (Wildman–Crippen LogP) is 4.89. The summed E-state index contributed by atoms with van der Waals surface area (Å²) >= 11 is 3.41. The summed E-state index contributed by atoms with van der Waals surface area (Å²) in [4.78, 5) is 4.53. The molecular weight excluding hydrogens is 466 g/mol. The van der Waals surface area contributed by atoms with Crippen molar-refractivity contribution in [2.24, 2.45) is 0 Å². The molecule has 0 saturated carbocycles. The van der Waals surface area contributed by atoms with Gasteiger partial charge in [0.05, 0.1) is 17.6 Å². The molecule has 2 aromatic heterocycles. The number of ether oxygens (including phenoxy) is 1. The quantitative estimate of drug-likeness (QED) is 0.414. The number of hydrogen-bond donors (Lipinski definition) is 0. The minimum absolute atomic E-state index is 0.175. The Morgan fingerprint density at radius 1 is 1.13 bits per heavy atom. The summed E-state index contributed by atoms with van der Waals surface area (Å²) in [5.74, 6) is 0.455. The van der Waals surface area contributed by atoms with E-state index in [9.17, 15) is 13.7 Å². The van der Waals surface area contributed by atoms with Gasteiger partial charge in [-0.15, -0.1) is 0 Å². The van der Waals surface area contributed by atoms with E-state index in [0.717, 1.165) is 10.0 Å². The Kier molecular flexibility index (Phi) is 5.10. The second-order valence-corrected chi connectivity index (χ2v) is 9.44. The molecule has 0 saturated heterocycles. The summed E-state index contributed by atoms with van der Waals surface area (Å²) in [6.07, 6.45) is 3.10. The van der Waals surface area contributed by atoms with Gasteiger partial charge in [0.1, 0.15) is 11.8 Å². The monoisotopic (exact) mass is 481 g/mol. The molecule has 0 spiro atoms. The summed E-state index contributed by atoms with van der Waals surface area (Å²) < 4.78 is 33.8. The van der Waals surface area contributed by atoms with Gasteiger partial charge in [-0.1, -0.05) is 23.8 Å². The lowest BCUT2D eigenvalue weighted by atomic mass is 10.0. The van der Waals surface area contributed by atoms with Crippen LogP contribution in [0.15, 0.2) is 70.3 Å². The van der Waals surface area contributed by atoms with Crippen LogP contribution in [0.1, 0.15) is 11.1 Å². The van der Waals surface area contributed by atoms with Gasteiger partial charge in [-0.3, -0.25) is 0 Å². The maximum Gasteiger partial charge on any atom is 0.269 e. The van der Waals surface area contributed by atoms with Crippen molar-refractivity contribution in [1.82, 2.24) is 8.96 Å². The zero-order chi connectivity index (χ0) is 21.5. The van der Waals surface area contributed by atoms with E-state index in [1.807, 2.05) is 13.0 Å². The number of rotatable bonds is 4. The fourth-order valence-electron chi connectivity index (χ4n) is 3.25. The van der Waals surface area contributed by atoms with Gasteiger partial charge >= 0.3 is 0 Å². The molecule has 0 unspecified atom stereocenters. The summed E-state index contributed by atoms with van der Waals surface area (Å²) in [6, 6.07) is 15.8. The molecule has 2 aromatic carbocycles. The molecule has 30 heavy (non-hydrogen) atoms. The van der Waals surface area contributed by atoms with Crippen molar-refractivity contribution in [2.75, 3.05) is 7.11 Å². The molecule has 2 heterocycles. The molecule has 0 bridgehead atoms. The first-order valence-corrected chi connectivity index (χ1v) is 11.2. The smallest absolute Gasteiger partial charge is 0.269 e. The number of aromatic nitrogens is 2. The molecule has 0 fully saturated rings. The summed E-state index contributed by atoms with van der Waals surface area (Å²) in [7, 11) is -2.36. The zero-order valence-corrected chi connectivity index (χ0v) is 18.5. The largest absolute Gasteiger partial charge is 0.495 e. The van der Waals surface area contributed by atoms with Gasteiger partial charge in [0, 0.05) is 27.8 Å². The van der Waals surface area contributed by atoms with Gasteiger partial charge in [0.15, 0.2) is 5.65 Å². The van der Waals surface area contributed by atoms with Crippen LogP contribution < -0.4 is 4.74 Å². The van der Waals surface area contributed by atoms with Gasteiger partial charge < -0.3 is 4.74 Å². The molecule has 150 valence electrons. The van der Waals surface area contributed by atoms with E-state index in [-0.39, 0.29) is 4.90 Å². The third-order valence-corrected chi connectivity index (χ3v) is 6.89. The highest BCUT2D eigenvalue weighted by atomic mass is 79.9. The van der Waals surface area contributed by atoms with Crippen molar-refractivity contribution in [2.45, 2.75) is 11.8 Å². The molecule has 0 amide bonds. The normalized spacial score (nSPS) is 11.4. The Morgan fingerprint density at radius 2 is 1.87 bits per heavy atom. The first kappa shape index (κ1) is 20.1. The fourth-order valence-corrected chi connectivity index (χ4v) is 4.91. The van der Waals surface area contributed by atoms with Crippen molar-refractivity contribution in [3.63, 3.8) is 0 Å². The molecule has 0 aliphatic rings. The van der Waals surface area contributed by atoms with Crippen LogP contribution >= 0.6 is 15.9 Å². The highest BCUT2D eigenvalue weighted by Crippen LogP contribution is 2.35. The first-order valence-electron chi connectivity index (χ1n) is 8.92. The highest BCUT2D eigenvalue weighted by Gasteiger charge is 2.23. The molecule has 4 rings (SSSR count). The van der Waals surface area contributed by atoms with Crippen LogP contribution in [0.4, 0.5) is 0 Å². The predicted molar refractivity (Wildman–Crippen MR) is 118 cm³/mol. The van der Waals surface area contributed by atoms with E-state index in [1.165, 1.54) is 11.1 Å². The number of pyridine rings is 1. The molecule has 0 aliphatic carbocycles. The second kappa shape index (κ2) is 7.59. The van der Waals surface area contributed by atoms with Gasteiger partial charge in [-0.25, -0.2) is 17.4 Å². The van der Waals surface area contributed by atoms with E-state index in [0.29, 0.717) is 33.5 Å². The average Bonchev–Trinajstić information content (AvgIpc) is 3.13.